The third kappa shape index (κ3) is 3.07. The van der Waals surface area contributed by atoms with E-state index in [9.17, 15) is 4.79 Å². The van der Waals surface area contributed by atoms with Crippen LogP contribution in [0.15, 0.2) is 6.20 Å². The molecule has 1 amide bonds. The molecule has 0 spiro atoms. The number of piperazine rings is 1. The lowest BCUT2D eigenvalue weighted by Crippen LogP contribution is -2.57. The first-order valence-electron chi connectivity index (χ1n) is 6.15. The highest BCUT2D eigenvalue weighted by atomic mass is 32.1. The van der Waals surface area contributed by atoms with Gasteiger partial charge in [-0.05, 0) is 6.92 Å². The summed E-state index contributed by atoms with van der Waals surface area (Å²) < 4.78 is 0. The highest BCUT2D eigenvalue weighted by molar-refractivity contribution is 7.11. The summed E-state index contributed by atoms with van der Waals surface area (Å²) in [4.78, 5) is 21.5. The van der Waals surface area contributed by atoms with E-state index in [0.29, 0.717) is 0 Å². The first-order valence-corrected chi connectivity index (χ1v) is 6.97. The summed E-state index contributed by atoms with van der Waals surface area (Å²) in [5, 5.41) is 4.37. The average Bonchev–Trinajstić information content (AvgIpc) is 2.74. The predicted molar refractivity (Wildman–Crippen MR) is 72.6 cm³/mol. The fourth-order valence-electron chi connectivity index (χ4n) is 2.16. The number of aryl methyl sites for hydroxylation is 1. The lowest BCUT2D eigenvalue weighted by atomic mass is 10.1. The van der Waals surface area contributed by atoms with E-state index in [4.69, 9.17) is 0 Å². The highest BCUT2D eigenvalue weighted by Crippen LogP contribution is 2.17. The molecule has 1 aromatic rings. The Hall–Kier alpha value is -0.980. The van der Waals surface area contributed by atoms with E-state index < -0.39 is 0 Å². The standard InChI is InChI=1S/C12H20N4OS/c1-9-14-6-10(18-9)8-16-5-4-13-7-11(16)12(17)15(2)3/h6,11,13H,4-5,7-8H2,1-3H3. The molecular weight excluding hydrogens is 248 g/mol. The molecular formula is C12H20N4OS. The second kappa shape index (κ2) is 5.77. The molecule has 0 aliphatic carbocycles. The Morgan fingerprint density at radius 1 is 1.67 bits per heavy atom. The van der Waals surface area contributed by atoms with Gasteiger partial charge in [0.2, 0.25) is 5.91 Å². The number of carbonyl (C=O) groups is 1. The lowest BCUT2D eigenvalue weighted by Gasteiger charge is -2.36. The maximum Gasteiger partial charge on any atom is 0.240 e. The van der Waals surface area contributed by atoms with E-state index in [1.54, 1.807) is 16.2 Å². The maximum absolute atomic E-state index is 12.1. The largest absolute Gasteiger partial charge is 0.347 e. The average molecular weight is 268 g/mol. The summed E-state index contributed by atoms with van der Waals surface area (Å²) in [7, 11) is 3.62. The zero-order valence-electron chi connectivity index (χ0n) is 11.1. The van der Waals surface area contributed by atoms with Crippen molar-refractivity contribution in [2.75, 3.05) is 33.7 Å². The van der Waals surface area contributed by atoms with E-state index in [0.717, 1.165) is 31.2 Å². The first kappa shape index (κ1) is 13.5. The molecule has 0 aromatic carbocycles. The molecule has 1 fully saturated rings. The van der Waals surface area contributed by atoms with Crippen molar-refractivity contribution in [1.29, 1.82) is 0 Å². The van der Waals surface area contributed by atoms with Gasteiger partial charge < -0.3 is 10.2 Å². The number of thiazole rings is 1. The normalized spacial score (nSPS) is 20.9. The topological polar surface area (TPSA) is 48.5 Å². The number of nitrogens with one attached hydrogen (secondary N) is 1. The van der Waals surface area contributed by atoms with Crippen LogP contribution in [0.2, 0.25) is 0 Å². The molecule has 1 aliphatic rings. The quantitative estimate of drug-likeness (QED) is 0.857. The lowest BCUT2D eigenvalue weighted by molar-refractivity contribution is -0.135. The molecule has 1 aliphatic heterocycles. The molecule has 1 N–H and O–H groups in total. The number of nitrogens with zero attached hydrogens (tertiary/aromatic N) is 3. The van der Waals surface area contributed by atoms with Crippen LogP contribution in [-0.4, -0.2) is 60.5 Å². The van der Waals surface area contributed by atoms with E-state index in [-0.39, 0.29) is 11.9 Å². The van der Waals surface area contributed by atoms with Crippen LogP contribution in [-0.2, 0) is 11.3 Å². The van der Waals surface area contributed by atoms with Crippen LogP contribution in [0.4, 0.5) is 0 Å². The number of amides is 1. The Morgan fingerprint density at radius 3 is 3.06 bits per heavy atom. The van der Waals surface area contributed by atoms with Crippen LogP contribution in [0.5, 0.6) is 0 Å². The summed E-state index contributed by atoms with van der Waals surface area (Å²) in [6.45, 7) is 5.40. The van der Waals surface area contributed by atoms with Crippen LogP contribution < -0.4 is 5.32 Å². The van der Waals surface area contributed by atoms with Crippen LogP contribution in [0.25, 0.3) is 0 Å². The second-order valence-corrected chi connectivity index (χ2v) is 6.09. The fraction of sp³-hybridized carbons (Fsp3) is 0.667. The van der Waals surface area contributed by atoms with Gasteiger partial charge in [0.25, 0.3) is 0 Å². The van der Waals surface area contributed by atoms with Crippen LogP contribution >= 0.6 is 11.3 Å². The third-order valence-corrected chi connectivity index (χ3v) is 4.01. The Labute approximate surface area is 112 Å². The molecule has 1 saturated heterocycles. The highest BCUT2D eigenvalue weighted by Gasteiger charge is 2.29. The zero-order chi connectivity index (χ0) is 13.1. The number of hydrogen-bond acceptors (Lipinski definition) is 5. The van der Waals surface area contributed by atoms with Gasteiger partial charge in [-0.2, -0.15) is 0 Å². The van der Waals surface area contributed by atoms with Gasteiger partial charge in [-0.25, -0.2) is 4.98 Å². The smallest absolute Gasteiger partial charge is 0.240 e. The number of hydrogen-bond donors (Lipinski definition) is 1. The summed E-state index contributed by atoms with van der Waals surface area (Å²) >= 11 is 1.71. The molecule has 1 aromatic heterocycles. The molecule has 0 bridgehead atoms. The first-order chi connectivity index (χ1) is 8.58. The minimum absolute atomic E-state index is 0.0591. The molecule has 6 heteroatoms. The second-order valence-electron chi connectivity index (χ2n) is 4.77. The van der Waals surface area contributed by atoms with Crippen molar-refractivity contribution >= 4 is 17.2 Å². The Morgan fingerprint density at radius 2 is 2.44 bits per heavy atom. The van der Waals surface area contributed by atoms with Crippen molar-refractivity contribution in [1.82, 2.24) is 20.1 Å². The van der Waals surface area contributed by atoms with Gasteiger partial charge in [-0.3, -0.25) is 9.69 Å². The van der Waals surface area contributed by atoms with Crippen molar-refractivity contribution in [2.24, 2.45) is 0 Å². The molecule has 18 heavy (non-hydrogen) atoms. The van der Waals surface area contributed by atoms with Gasteiger partial charge in [0.05, 0.1) is 5.01 Å². The van der Waals surface area contributed by atoms with E-state index in [1.165, 1.54) is 4.88 Å². The summed E-state index contributed by atoms with van der Waals surface area (Å²) in [5.74, 6) is 0.170. The third-order valence-electron chi connectivity index (χ3n) is 3.11. The number of carbonyl (C=O) groups excluding carboxylic acids is 1. The summed E-state index contributed by atoms with van der Waals surface area (Å²) in [6.07, 6.45) is 1.92. The summed E-state index contributed by atoms with van der Waals surface area (Å²) in [6, 6.07) is -0.0591. The van der Waals surface area contributed by atoms with Crippen molar-refractivity contribution < 1.29 is 4.79 Å². The van der Waals surface area contributed by atoms with Gasteiger partial charge in [-0.1, -0.05) is 0 Å². The van der Waals surface area contributed by atoms with E-state index in [2.05, 4.69) is 15.2 Å². The monoisotopic (exact) mass is 268 g/mol. The van der Waals surface area contributed by atoms with Gasteiger partial charge in [0, 0.05) is 51.3 Å². The van der Waals surface area contributed by atoms with Crippen LogP contribution in [0, 0.1) is 6.92 Å². The molecule has 100 valence electrons. The molecule has 1 atom stereocenters. The van der Waals surface area contributed by atoms with Crippen LogP contribution in [0.1, 0.15) is 9.88 Å². The minimum atomic E-state index is -0.0591. The fourth-order valence-corrected chi connectivity index (χ4v) is 2.98. The van der Waals surface area contributed by atoms with Gasteiger partial charge in [0.15, 0.2) is 0 Å². The number of rotatable bonds is 3. The molecule has 0 saturated carbocycles. The van der Waals surface area contributed by atoms with Crippen molar-refractivity contribution in [2.45, 2.75) is 19.5 Å². The van der Waals surface area contributed by atoms with E-state index in [1.807, 2.05) is 27.2 Å². The van der Waals surface area contributed by atoms with Crippen molar-refractivity contribution in [3.05, 3.63) is 16.1 Å². The number of likely N-dealkylation sites (N-methyl/N-ethyl adjacent to an activating group) is 1. The van der Waals surface area contributed by atoms with Crippen molar-refractivity contribution in [3.8, 4) is 0 Å². The molecule has 2 rings (SSSR count). The minimum Gasteiger partial charge on any atom is -0.347 e. The molecule has 1 unspecified atom stereocenters. The van der Waals surface area contributed by atoms with E-state index >= 15 is 0 Å². The zero-order valence-corrected chi connectivity index (χ0v) is 12.0. The SMILES string of the molecule is Cc1ncc(CN2CCNCC2C(=O)N(C)C)s1. The molecule has 0 radical (unpaired) electrons. The Bertz CT molecular complexity index is 418. The van der Waals surface area contributed by atoms with Gasteiger partial charge in [0.1, 0.15) is 6.04 Å². The Kier molecular flexibility index (Phi) is 4.31. The number of aromatic nitrogens is 1. The maximum atomic E-state index is 12.1. The molecule has 2 heterocycles. The summed E-state index contributed by atoms with van der Waals surface area (Å²) in [5.41, 5.74) is 0. The van der Waals surface area contributed by atoms with Crippen LogP contribution in [0.3, 0.4) is 0 Å². The molecule has 5 nitrogen and oxygen atoms in total. The van der Waals surface area contributed by atoms with Gasteiger partial charge >= 0.3 is 0 Å². The van der Waals surface area contributed by atoms with Gasteiger partial charge in [-0.15, -0.1) is 11.3 Å². The van der Waals surface area contributed by atoms with Crippen molar-refractivity contribution in [3.63, 3.8) is 0 Å². The predicted octanol–water partition coefficient (Wildman–Crippen LogP) is 0.314. The Balaban J connectivity index is 2.06.